The van der Waals surface area contributed by atoms with Gasteiger partial charge in [-0.15, -0.1) is 11.8 Å². The predicted octanol–water partition coefficient (Wildman–Crippen LogP) is 4.04. The number of hydrogen-bond donors (Lipinski definition) is 1. The Balaban J connectivity index is 1.65. The largest absolute Gasteiger partial charge is 0.497 e. The van der Waals surface area contributed by atoms with Crippen LogP contribution in [0.25, 0.3) is 6.08 Å². The van der Waals surface area contributed by atoms with Gasteiger partial charge < -0.3 is 24.4 Å². The van der Waals surface area contributed by atoms with Gasteiger partial charge in [-0.2, -0.15) is 0 Å². The monoisotopic (exact) mass is 456 g/mol. The van der Waals surface area contributed by atoms with E-state index >= 15 is 0 Å². The average Bonchev–Trinajstić information content (AvgIpc) is 3.28. The van der Waals surface area contributed by atoms with E-state index in [0.717, 1.165) is 5.56 Å². The molecule has 0 aliphatic carbocycles. The molecule has 1 heterocycles. The van der Waals surface area contributed by atoms with E-state index in [0.29, 0.717) is 34.6 Å². The van der Waals surface area contributed by atoms with E-state index in [1.807, 2.05) is 32.0 Å². The number of benzene rings is 2. The minimum Gasteiger partial charge on any atom is -0.497 e. The number of methoxy groups -OCH3 is 2. The van der Waals surface area contributed by atoms with Crippen molar-refractivity contribution in [3.63, 3.8) is 0 Å². The Morgan fingerprint density at radius 2 is 1.84 bits per heavy atom. The zero-order chi connectivity index (χ0) is 23.1. The highest BCUT2D eigenvalue weighted by Crippen LogP contribution is 2.30. The number of nitrogens with one attached hydrogen (secondary N) is 1. The fourth-order valence-corrected chi connectivity index (χ4v) is 4.34. The summed E-state index contributed by atoms with van der Waals surface area (Å²) in [4.78, 5) is 27.1. The summed E-state index contributed by atoms with van der Waals surface area (Å²) in [5.41, 5.74) is 1.46. The van der Waals surface area contributed by atoms with Crippen LogP contribution in [0.3, 0.4) is 0 Å². The van der Waals surface area contributed by atoms with Crippen LogP contribution in [0.2, 0.25) is 0 Å². The van der Waals surface area contributed by atoms with Gasteiger partial charge in [0.1, 0.15) is 11.8 Å². The molecule has 0 saturated carbocycles. The summed E-state index contributed by atoms with van der Waals surface area (Å²) in [6, 6.07) is 12.0. The number of nitrogens with zero attached hydrogens (tertiary/aromatic N) is 1. The highest BCUT2D eigenvalue weighted by atomic mass is 32.2. The molecule has 7 nitrogen and oxygen atoms in total. The average molecular weight is 457 g/mol. The summed E-state index contributed by atoms with van der Waals surface area (Å²) in [5, 5.41) is 2.87. The highest BCUT2D eigenvalue weighted by molar-refractivity contribution is 7.99. The third-order valence-electron chi connectivity index (χ3n) is 4.79. The molecule has 0 radical (unpaired) electrons. The first-order valence-corrected chi connectivity index (χ1v) is 11.4. The maximum absolute atomic E-state index is 12.8. The standard InChI is InChI=1S/C24H28N2O5S/c1-16(2)31-21-11-5-17(13-22(21)30-4)6-12-23(27)26-15-32-14-20(26)24(28)25-18-7-9-19(29-3)10-8-18/h5-13,16,20H,14-15H2,1-4H3,(H,25,28)/b12-6+. The van der Waals surface area contributed by atoms with Crippen molar-refractivity contribution in [2.24, 2.45) is 0 Å². The summed E-state index contributed by atoms with van der Waals surface area (Å²) in [5.74, 6) is 2.55. The molecular weight excluding hydrogens is 428 g/mol. The topological polar surface area (TPSA) is 77.1 Å². The lowest BCUT2D eigenvalue weighted by Crippen LogP contribution is -2.43. The fourth-order valence-electron chi connectivity index (χ4n) is 3.18. The van der Waals surface area contributed by atoms with E-state index in [9.17, 15) is 9.59 Å². The van der Waals surface area contributed by atoms with E-state index in [2.05, 4.69) is 5.32 Å². The highest BCUT2D eigenvalue weighted by Gasteiger charge is 2.33. The zero-order valence-corrected chi connectivity index (χ0v) is 19.5. The van der Waals surface area contributed by atoms with Gasteiger partial charge >= 0.3 is 0 Å². The molecule has 1 N–H and O–H groups in total. The fraction of sp³-hybridized carbons (Fsp3) is 0.333. The van der Waals surface area contributed by atoms with Crippen LogP contribution >= 0.6 is 11.8 Å². The lowest BCUT2D eigenvalue weighted by atomic mass is 10.1. The van der Waals surface area contributed by atoms with Gasteiger partial charge in [0.25, 0.3) is 0 Å². The molecule has 1 atom stereocenters. The molecule has 0 aromatic heterocycles. The van der Waals surface area contributed by atoms with Crippen LogP contribution in [0.4, 0.5) is 5.69 Å². The molecule has 1 aliphatic heterocycles. The van der Waals surface area contributed by atoms with Crippen molar-refractivity contribution < 1.29 is 23.8 Å². The Morgan fingerprint density at radius 3 is 2.50 bits per heavy atom. The molecule has 2 aromatic carbocycles. The number of thioether (sulfide) groups is 1. The van der Waals surface area contributed by atoms with Crippen LogP contribution in [0.1, 0.15) is 19.4 Å². The van der Waals surface area contributed by atoms with Crippen molar-refractivity contribution >= 4 is 35.3 Å². The Morgan fingerprint density at radius 1 is 1.09 bits per heavy atom. The normalized spacial score (nSPS) is 15.8. The molecule has 170 valence electrons. The number of amides is 2. The van der Waals surface area contributed by atoms with E-state index in [1.54, 1.807) is 61.2 Å². The summed E-state index contributed by atoms with van der Waals surface area (Å²) in [7, 11) is 3.17. The van der Waals surface area contributed by atoms with Gasteiger partial charge in [0.05, 0.1) is 26.2 Å². The first-order chi connectivity index (χ1) is 15.4. The minimum atomic E-state index is -0.532. The van der Waals surface area contributed by atoms with Crippen LogP contribution in [0.15, 0.2) is 48.5 Å². The third kappa shape index (κ3) is 5.97. The molecule has 8 heteroatoms. The minimum absolute atomic E-state index is 0.0283. The van der Waals surface area contributed by atoms with Crippen molar-refractivity contribution in [3.8, 4) is 17.2 Å². The van der Waals surface area contributed by atoms with Crippen molar-refractivity contribution in [1.82, 2.24) is 4.90 Å². The van der Waals surface area contributed by atoms with Crippen molar-refractivity contribution in [3.05, 3.63) is 54.1 Å². The quantitative estimate of drug-likeness (QED) is 0.604. The Labute approximate surface area is 192 Å². The maximum Gasteiger partial charge on any atom is 0.248 e. The van der Waals surface area contributed by atoms with Crippen LogP contribution in [-0.4, -0.2) is 54.7 Å². The van der Waals surface area contributed by atoms with Gasteiger partial charge in [-0.1, -0.05) is 6.07 Å². The Hall–Kier alpha value is -3.13. The third-order valence-corrected chi connectivity index (χ3v) is 5.81. The number of hydrogen-bond acceptors (Lipinski definition) is 6. The molecule has 0 spiro atoms. The summed E-state index contributed by atoms with van der Waals surface area (Å²) >= 11 is 1.55. The van der Waals surface area contributed by atoms with Crippen molar-refractivity contribution in [2.45, 2.75) is 26.0 Å². The van der Waals surface area contributed by atoms with Crippen LogP contribution in [0.5, 0.6) is 17.2 Å². The van der Waals surface area contributed by atoms with Crippen LogP contribution in [0, 0.1) is 0 Å². The van der Waals surface area contributed by atoms with Crippen LogP contribution < -0.4 is 19.5 Å². The van der Waals surface area contributed by atoms with Crippen LogP contribution in [-0.2, 0) is 9.59 Å². The molecule has 1 fully saturated rings. The van der Waals surface area contributed by atoms with E-state index in [1.165, 1.54) is 6.08 Å². The van der Waals surface area contributed by atoms with Gasteiger partial charge in [0.15, 0.2) is 11.5 Å². The van der Waals surface area contributed by atoms with Gasteiger partial charge in [-0.3, -0.25) is 9.59 Å². The molecule has 32 heavy (non-hydrogen) atoms. The number of carbonyl (C=O) groups is 2. The second-order valence-electron chi connectivity index (χ2n) is 7.45. The summed E-state index contributed by atoms with van der Waals surface area (Å²) < 4.78 is 16.2. The molecule has 2 amide bonds. The van der Waals surface area contributed by atoms with Crippen molar-refractivity contribution in [2.75, 3.05) is 31.2 Å². The molecule has 3 rings (SSSR count). The van der Waals surface area contributed by atoms with E-state index in [-0.39, 0.29) is 17.9 Å². The molecule has 0 bridgehead atoms. The first kappa shape index (κ1) is 23.5. The lowest BCUT2D eigenvalue weighted by Gasteiger charge is -2.21. The molecule has 2 aromatic rings. The van der Waals surface area contributed by atoms with Gasteiger partial charge in [-0.25, -0.2) is 0 Å². The number of anilines is 1. The molecule has 1 unspecified atom stereocenters. The second-order valence-corrected chi connectivity index (χ2v) is 8.45. The Kier molecular flexibility index (Phi) is 8.05. The van der Waals surface area contributed by atoms with Gasteiger partial charge in [-0.05, 0) is 61.9 Å². The van der Waals surface area contributed by atoms with Gasteiger partial charge in [0, 0.05) is 17.5 Å². The smallest absolute Gasteiger partial charge is 0.248 e. The Bertz CT molecular complexity index is 975. The number of carbonyl (C=O) groups excluding carboxylic acids is 2. The molecular formula is C24H28N2O5S. The number of ether oxygens (including phenoxy) is 3. The van der Waals surface area contributed by atoms with E-state index < -0.39 is 6.04 Å². The lowest BCUT2D eigenvalue weighted by molar-refractivity contribution is -0.132. The van der Waals surface area contributed by atoms with Gasteiger partial charge in [0.2, 0.25) is 11.8 Å². The van der Waals surface area contributed by atoms with Crippen molar-refractivity contribution in [1.29, 1.82) is 0 Å². The molecule has 1 saturated heterocycles. The second kappa shape index (κ2) is 10.9. The first-order valence-electron chi connectivity index (χ1n) is 10.3. The molecule has 1 aliphatic rings. The summed E-state index contributed by atoms with van der Waals surface area (Å²) in [6.07, 6.45) is 3.23. The zero-order valence-electron chi connectivity index (χ0n) is 18.7. The predicted molar refractivity (Wildman–Crippen MR) is 127 cm³/mol. The van der Waals surface area contributed by atoms with E-state index in [4.69, 9.17) is 14.2 Å². The SMILES string of the molecule is COc1ccc(NC(=O)C2CSCN2C(=O)/C=C/c2ccc(OC(C)C)c(OC)c2)cc1. The summed E-state index contributed by atoms with van der Waals surface area (Å²) in [6.45, 7) is 3.89. The maximum atomic E-state index is 12.8. The number of rotatable bonds is 8.